The molecule has 25 heavy (non-hydrogen) atoms. The number of oxazole rings is 1. The van der Waals surface area contributed by atoms with E-state index in [2.05, 4.69) is 15.2 Å². The molecule has 1 aromatic heterocycles. The Balaban J connectivity index is 1.37. The van der Waals surface area contributed by atoms with Crippen LogP contribution in [0.1, 0.15) is 23.2 Å². The fourth-order valence-corrected chi connectivity index (χ4v) is 4.25. The van der Waals surface area contributed by atoms with Gasteiger partial charge in [-0.15, -0.1) is 0 Å². The van der Waals surface area contributed by atoms with E-state index in [1.165, 1.54) is 44.0 Å². The Morgan fingerprint density at radius 3 is 2.68 bits per heavy atom. The quantitative estimate of drug-likeness (QED) is 0.885. The van der Waals surface area contributed by atoms with Crippen LogP contribution in [-0.4, -0.2) is 48.6 Å². The second kappa shape index (κ2) is 7.09. The fraction of sp³-hybridized carbons (Fsp3) is 0.444. The van der Waals surface area contributed by atoms with Crippen LogP contribution in [0, 0.1) is 5.92 Å². The molecule has 1 atom stereocenters. The molecule has 3 aliphatic rings. The van der Waals surface area contributed by atoms with Crippen molar-refractivity contribution >= 4 is 17.7 Å². The van der Waals surface area contributed by atoms with Crippen molar-refractivity contribution in [1.82, 2.24) is 15.2 Å². The number of carbonyl (C=O) groups excluding carboxylic acids is 1. The van der Waals surface area contributed by atoms with Gasteiger partial charge in [-0.05, 0) is 67.9 Å². The predicted octanol–water partition coefficient (Wildman–Crippen LogP) is 2.66. The summed E-state index contributed by atoms with van der Waals surface area (Å²) in [6.45, 7) is 3.33. The van der Waals surface area contributed by atoms with Crippen LogP contribution < -0.4 is 10.1 Å². The summed E-state index contributed by atoms with van der Waals surface area (Å²) in [5.41, 5.74) is 0.686. The van der Waals surface area contributed by atoms with Crippen molar-refractivity contribution in [2.45, 2.75) is 29.0 Å². The molecule has 0 aliphatic carbocycles. The van der Waals surface area contributed by atoms with Gasteiger partial charge in [0.2, 0.25) is 0 Å². The number of benzene rings is 1. The van der Waals surface area contributed by atoms with Gasteiger partial charge in [-0.1, -0.05) is 0 Å². The summed E-state index contributed by atoms with van der Waals surface area (Å²) in [4.78, 5) is 20.1. The zero-order valence-corrected chi connectivity index (χ0v) is 14.9. The standard InChI is InChI=1S/C18H21N3O3S/c1-23-16-11-24-18(20-16)25-14-4-2-13(3-5-14)17(22)19-15-10-21-8-6-12(15)7-9-21/h2-5,11-12,15H,6-10H2,1H3,(H,19,22)/t15-/m0/s1. The number of fused-ring (bicyclic) bond motifs is 3. The number of carbonyl (C=O) groups is 1. The van der Waals surface area contributed by atoms with Crippen molar-refractivity contribution < 1.29 is 13.9 Å². The topological polar surface area (TPSA) is 67.6 Å². The summed E-state index contributed by atoms with van der Waals surface area (Å²) in [6, 6.07) is 7.79. The third kappa shape index (κ3) is 3.67. The van der Waals surface area contributed by atoms with Gasteiger partial charge in [-0.3, -0.25) is 4.79 Å². The Morgan fingerprint density at radius 1 is 1.32 bits per heavy atom. The van der Waals surface area contributed by atoms with E-state index in [1.807, 2.05) is 24.3 Å². The highest BCUT2D eigenvalue weighted by Crippen LogP contribution is 2.29. The van der Waals surface area contributed by atoms with Crippen LogP contribution in [0.2, 0.25) is 0 Å². The van der Waals surface area contributed by atoms with E-state index in [-0.39, 0.29) is 11.9 Å². The molecular weight excluding hydrogens is 338 g/mol. The average Bonchev–Trinajstić information content (AvgIpc) is 3.11. The van der Waals surface area contributed by atoms with Crippen molar-refractivity contribution in [2.75, 3.05) is 26.7 Å². The third-order valence-electron chi connectivity index (χ3n) is 4.97. The van der Waals surface area contributed by atoms with Gasteiger partial charge in [0.1, 0.15) is 0 Å². The van der Waals surface area contributed by atoms with Crippen molar-refractivity contribution in [3.8, 4) is 5.88 Å². The average molecular weight is 359 g/mol. The van der Waals surface area contributed by atoms with Crippen LogP contribution in [0.5, 0.6) is 5.88 Å². The summed E-state index contributed by atoms with van der Waals surface area (Å²) >= 11 is 1.39. The molecule has 4 heterocycles. The Morgan fingerprint density at radius 2 is 2.08 bits per heavy atom. The molecule has 0 saturated carbocycles. The summed E-state index contributed by atoms with van der Waals surface area (Å²) in [5.74, 6) is 1.09. The second-order valence-electron chi connectivity index (χ2n) is 6.50. The molecule has 132 valence electrons. The first-order chi connectivity index (χ1) is 12.2. The number of methoxy groups -OCH3 is 1. The highest BCUT2D eigenvalue weighted by Gasteiger charge is 2.34. The van der Waals surface area contributed by atoms with Crippen LogP contribution in [0.15, 0.2) is 45.1 Å². The molecule has 2 bridgehead atoms. The smallest absolute Gasteiger partial charge is 0.263 e. The summed E-state index contributed by atoms with van der Waals surface area (Å²) < 4.78 is 10.3. The summed E-state index contributed by atoms with van der Waals surface area (Å²) in [5, 5.41) is 3.73. The van der Waals surface area contributed by atoms with Gasteiger partial charge in [0.05, 0.1) is 7.11 Å². The Labute approximate surface area is 150 Å². The molecular formula is C18H21N3O3S. The highest BCUT2D eigenvalue weighted by molar-refractivity contribution is 7.99. The molecule has 1 aromatic carbocycles. The minimum Gasteiger partial charge on any atom is -0.479 e. The van der Waals surface area contributed by atoms with Gasteiger partial charge in [-0.2, -0.15) is 4.98 Å². The summed E-state index contributed by atoms with van der Waals surface area (Å²) in [6.07, 6.45) is 3.86. The van der Waals surface area contributed by atoms with Crippen LogP contribution in [0.3, 0.4) is 0 Å². The van der Waals surface area contributed by atoms with Gasteiger partial charge in [0, 0.05) is 23.0 Å². The van der Waals surface area contributed by atoms with Gasteiger partial charge >= 0.3 is 0 Å². The maximum Gasteiger partial charge on any atom is 0.263 e. The highest BCUT2D eigenvalue weighted by atomic mass is 32.2. The van der Waals surface area contributed by atoms with E-state index in [9.17, 15) is 4.79 Å². The normalized spacial score (nSPS) is 24.9. The number of rotatable bonds is 5. The molecule has 5 rings (SSSR count). The zero-order valence-electron chi connectivity index (χ0n) is 14.1. The molecule has 3 saturated heterocycles. The molecule has 1 N–H and O–H groups in total. The van der Waals surface area contributed by atoms with Crippen LogP contribution in [0.4, 0.5) is 0 Å². The molecule has 2 aromatic rings. The van der Waals surface area contributed by atoms with E-state index in [0.29, 0.717) is 22.6 Å². The molecule has 3 fully saturated rings. The second-order valence-corrected chi connectivity index (χ2v) is 7.52. The predicted molar refractivity (Wildman–Crippen MR) is 94.0 cm³/mol. The number of piperidine rings is 3. The molecule has 0 unspecified atom stereocenters. The number of amides is 1. The largest absolute Gasteiger partial charge is 0.479 e. The van der Waals surface area contributed by atoms with Crippen LogP contribution in [-0.2, 0) is 0 Å². The minimum atomic E-state index is 0.00749. The van der Waals surface area contributed by atoms with Crippen molar-refractivity contribution in [1.29, 1.82) is 0 Å². The molecule has 7 heteroatoms. The first kappa shape index (κ1) is 16.5. The van der Waals surface area contributed by atoms with Gasteiger partial charge in [-0.25, -0.2) is 0 Å². The first-order valence-electron chi connectivity index (χ1n) is 8.52. The van der Waals surface area contributed by atoms with Crippen molar-refractivity contribution in [3.05, 3.63) is 36.1 Å². The van der Waals surface area contributed by atoms with Gasteiger partial charge < -0.3 is 19.4 Å². The monoisotopic (exact) mass is 359 g/mol. The lowest BCUT2D eigenvalue weighted by atomic mass is 9.84. The lowest BCUT2D eigenvalue weighted by Crippen LogP contribution is -2.57. The third-order valence-corrected chi connectivity index (χ3v) is 5.84. The number of hydrogen-bond acceptors (Lipinski definition) is 6. The van der Waals surface area contributed by atoms with E-state index in [1.54, 1.807) is 7.11 Å². The maximum absolute atomic E-state index is 12.5. The van der Waals surface area contributed by atoms with E-state index in [4.69, 9.17) is 9.15 Å². The number of nitrogens with zero attached hydrogens (tertiary/aromatic N) is 2. The maximum atomic E-state index is 12.5. The molecule has 6 nitrogen and oxygen atoms in total. The molecule has 3 aliphatic heterocycles. The molecule has 1 amide bonds. The summed E-state index contributed by atoms with van der Waals surface area (Å²) in [7, 11) is 1.55. The van der Waals surface area contributed by atoms with Crippen molar-refractivity contribution in [2.24, 2.45) is 5.92 Å². The Bertz CT molecular complexity index is 738. The fourth-order valence-electron chi connectivity index (χ4n) is 3.54. The zero-order chi connectivity index (χ0) is 17.2. The number of ether oxygens (including phenoxy) is 1. The van der Waals surface area contributed by atoms with E-state index < -0.39 is 0 Å². The van der Waals surface area contributed by atoms with Gasteiger partial charge in [0.15, 0.2) is 6.26 Å². The minimum absolute atomic E-state index is 0.00749. The lowest BCUT2D eigenvalue weighted by molar-refractivity contribution is 0.0620. The number of hydrogen-bond donors (Lipinski definition) is 1. The van der Waals surface area contributed by atoms with E-state index >= 15 is 0 Å². The van der Waals surface area contributed by atoms with Gasteiger partial charge in [0.25, 0.3) is 17.0 Å². The van der Waals surface area contributed by atoms with E-state index in [0.717, 1.165) is 11.4 Å². The SMILES string of the molecule is COc1coc(Sc2ccc(C(=O)N[C@H]3CN4CCC3CC4)cc2)n1. The first-order valence-corrected chi connectivity index (χ1v) is 9.33. The van der Waals surface area contributed by atoms with Crippen LogP contribution >= 0.6 is 11.8 Å². The Hall–Kier alpha value is -1.99. The van der Waals surface area contributed by atoms with Crippen LogP contribution in [0.25, 0.3) is 0 Å². The lowest BCUT2D eigenvalue weighted by Gasteiger charge is -2.44. The molecule has 0 spiro atoms. The van der Waals surface area contributed by atoms with Crippen molar-refractivity contribution in [3.63, 3.8) is 0 Å². The Kier molecular flexibility index (Phi) is 4.67. The molecule has 0 radical (unpaired) electrons. The number of nitrogens with one attached hydrogen (secondary N) is 1. The number of aromatic nitrogens is 1.